The Hall–Kier alpha value is -2.92. The number of ether oxygens (including phenoxy) is 2. The Bertz CT molecular complexity index is 1640. The van der Waals surface area contributed by atoms with Crippen molar-refractivity contribution in [2.45, 2.75) is 55.2 Å². The van der Waals surface area contributed by atoms with Gasteiger partial charge in [-0.1, -0.05) is 6.07 Å². The number of hydrogen-bond donors (Lipinski definition) is 1. The van der Waals surface area contributed by atoms with Crippen LogP contribution in [0, 0.1) is 0 Å². The van der Waals surface area contributed by atoms with Crippen LogP contribution in [0.5, 0.6) is 0 Å². The van der Waals surface area contributed by atoms with Gasteiger partial charge < -0.3 is 15.0 Å². The molecule has 2 aromatic heterocycles. The summed E-state index contributed by atoms with van der Waals surface area (Å²) in [5, 5.41) is 3.17. The lowest BCUT2D eigenvalue weighted by Gasteiger charge is -2.36. The smallest absolute Gasteiger partial charge is 0.377 e. The van der Waals surface area contributed by atoms with Gasteiger partial charge in [-0.3, -0.25) is 14.4 Å². The van der Waals surface area contributed by atoms with Gasteiger partial charge in [-0.25, -0.2) is 9.97 Å². The summed E-state index contributed by atoms with van der Waals surface area (Å²) in [7, 11) is 0. The van der Waals surface area contributed by atoms with Crippen LogP contribution in [0.4, 0.5) is 38.0 Å². The van der Waals surface area contributed by atoms with Crippen molar-refractivity contribution in [1.29, 1.82) is 0 Å². The van der Waals surface area contributed by atoms with Crippen LogP contribution in [0.2, 0.25) is 0 Å². The summed E-state index contributed by atoms with van der Waals surface area (Å²) in [6.45, 7) is 2.15. The van der Waals surface area contributed by atoms with E-state index >= 15 is 0 Å². The predicted molar refractivity (Wildman–Crippen MR) is 159 cm³/mol. The quantitative estimate of drug-likeness (QED) is 0.263. The number of hydrogen-bond acceptors (Lipinski definition) is 9. The number of anilines is 2. The number of rotatable bonds is 8. The largest absolute Gasteiger partial charge is 0.522 e. The zero-order valence-corrected chi connectivity index (χ0v) is 26.0. The van der Waals surface area contributed by atoms with E-state index in [0.717, 1.165) is 47.1 Å². The van der Waals surface area contributed by atoms with Crippen LogP contribution in [-0.4, -0.2) is 83.3 Å². The van der Waals surface area contributed by atoms with Gasteiger partial charge in [0.25, 0.3) is 5.91 Å². The number of benzene rings is 1. The van der Waals surface area contributed by atoms with E-state index in [1.54, 1.807) is 11.0 Å². The Morgan fingerprint density at radius 3 is 2.57 bits per heavy atom. The van der Waals surface area contributed by atoms with Gasteiger partial charge in [0.15, 0.2) is 0 Å². The number of alkyl halides is 6. The first-order chi connectivity index (χ1) is 21.9. The second-order valence-corrected chi connectivity index (χ2v) is 13.9. The van der Waals surface area contributed by atoms with Crippen molar-refractivity contribution in [3.8, 4) is 10.6 Å². The van der Waals surface area contributed by atoms with E-state index in [2.05, 4.69) is 20.0 Å². The van der Waals surface area contributed by atoms with E-state index in [0.29, 0.717) is 60.5 Å². The monoisotopic (exact) mass is 685 g/mol. The third-order valence-electron chi connectivity index (χ3n) is 8.53. The molecule has 3 aromatic rings. The first kappa shape index (κ1) is 31.7. The van der Waals surface area contributed by atoms with Gasteiger partial charge in [0.1, 0.15) is 10.4 Å². The number of carbonyl (C=O) groups excluding carboxylic acids is 1. The first-order valence-corrected chi connectivity index (χ1v) is 16.7. The van der Waals surface area contributed by atoms with Crippen LogP contribution in [0.1, 0.15) is 50.7 Å². The van der Waals surface area contributed by atoms with Gasteiger partial charge in [-0.15, -0.1) is 36.3 Å². The molecule has 4 aliphatic rings. The summed E-state index contributed by atoms with van der Waals surface area (Å²) < 4.78 is 89.1. The van der Waals surface area contributed by atoms with E-state index in [1.165, 1.54) is 11.8 Å². The molecule has 0 atom stereocenters. The van der Waals surface area contributed by atoms with E-state index in [9.17, 15) is 31.1 Å². The van der Waals surface area contributed by atoms with Crippen molar-refractivity contribution in [1.82, 2.24) is 19.8 Å². The molecule has 7 rings (SSSR count). The maximum absolute atomic E-state index is 14.2. The van der Waals surface area contributed by atoms with Crippen LogP contribution in [0.15, 0.2) is 29.3 Å². The van der Waals surface area contributed by atoms with Crippen molar-refractivity contribution in [2.75, 3.05) is 50.5 Å². The van der Waals surface area contributed by atoms with Crippen molar-refractivity contribution < 1.29 is 40.6 Å². The second-order valence-electron chi connectivity index (χ2n) is 11.7. The summed E-state index contributed by atoms with van der Waals surface area (Å²) in [6.07, 6.45) is -6.11. The number of nitrogens with one attached hydrogen (secondary N) is 1. The zero-order chi connectivity index (χ0) is 32.2. The number of fused-ring (bicyclic) bond motifs is 2. The number of amides is 1. The molecular weight excluding hydrogens is 656 g/mol. The molecule has 16 heteroatoms. The molecule has 0 unspecified atom stereocenters. The maximum atomic E-state index is 14.2. The second kappa shape index (κ2) is 12.3. The summed E-state index contributed by atoms with van der Waals surface area (Å²) >= 11 is 2.45. The summed E-state index contributed by atoms with van der Waals surface area (Å²) in [6, 6.07) is 5.57. The molecule has 0 bridgehead atoms. The van der Waals surface area contributed by atoms with Gasteiger partial charge in [-0.2, -0.15) is 13.2 Å². The minimum Gasteiger partial charge on any atom is -0.377 e. The summed E-state index contributed by atoms with van der Waals surface area (Å²) in [4.78, 5) is 26.7. The fourth-order valence-electron chi connectivity index (χ4n) is 5.95. The molecule has 1 aromatic carbocycles. The van der Waals surface area contributed by atoms with E-state index in [1.807, 2.05) is 17.0 Å². The molecule has 3 aliphatic heterocycles. The van der Waals surface area contributed by atoms with Crippen molar-refractivity contribution in [2.24, 2.45) is 0 Å². The number of thiophene rings is 1. The van der Waals surface area contributed by atoms with Crippen LogP contribution in [0.3, 0.4) is 0 Å². The highest BCUT2D eigenvalue weighted by atomic mass is 32.2. The average molecular weight is 686 g/mol. The topological polar surface area (TPSA) is 79.8 Å². The molecular formula is C30H29F6N5O3S2. The molecule has 0 spiro atoms. The Kier molecular flexibility index (Phi) is 8.45. The van der Waals surface area contributed by atoms with Gasteiger partial charge in [0, 0.05) is 48.7 Å². The molecule has 1 saturated carbocycles. The number of nitrogens with zero attached hydrogens (tertiary/aromatic N) is 4. The van der Waals surface area contributed by atoms with Crippen molar-refractivity contribution in [3.63, 3.8) is 0 Å². The number of aromatic nitrogens is 2. The van der Waals surface area contributed by atoms with Crippen LogP contribution in [0.25, 0.3) is 10.6 Å². The van der Waals surface area contributed by atoms with E-state index in [-0.39, 0.29) is 40.9 Å². The number of halogens is 6. The zero-order valence-electron chi connectivity index (χ0n) is 24.3. The third kappa shape index (κ3) is 6.72. The molecule has 0 radical (unpaired) electrons. The highest BCUT2D eigenvalue weighted by Crippen LogP contribution is 2.47. The third-order valence-corrected chi connectivity index (χ3v) is 10.8. The lowest BCUT2D eigenvalue weighted by molar-refractivity contribution is -0.325. The van der Waals surface area contributed by atoms with Crippen LogP contribution in [-0.2, 0) is 28.6 Å². The van der Waals surface area contributed by atoms with E-state index in [4.69, 9.17) is 4.74 Å². The fourth-order valence-corrected chi connectivity index (χ4v) is 8.27. The molecule has 2 fully saturated rings. The van der Waals surface area contributed by atoms with Crippen molar-refractivity contribution in [3.05, 3.63) is 51.5 Å². The molecule has 1 N–H and O–H groups in total. The lowest BCUT2D eigenvalue weighted by atomic mass is 9.94. The van der Waals surface area contributed by atoms with Crippen molar-refractivity contribution >= 4 is 40.6 Å². The van der Waals surface area contributed by atoms with Gasteiger partial charge in [0.05, 0.1) is 36.4 Å². The molecule has 8 nitrogen and oxygen atoms in total. The Morgan fingerprint density at radius 1 is 1.07 bits per heavy atom. The standard InChI is InChI=1S/C30H29F6N5O3S2/c31-29(32,33)21-12-37-28(39-25(21)23-11-24-26(46-23)27(42)41(6-8-45-24)19-14-43-15-19)38-22-10-17-3-4-40(5-7-44-30(34,35)36)13-18(17)9-20(22)16-1-2-16/h9-12,16,19H,1-8,13-15H2,(H,37,38,39). The predicted octanol–water partition coefficient (Wildman–Crippen LogP) is 6.69. The molecule has 5 heterocycles. The lowest BCUT2D eigenvalue weighted by Crippen LogP contribution is -2.52. The summed E-state index contributed by atoms with van der Waals surface area (Å²) in [5.41, 5.74) is 2.40. The molecule has 1 saturated heterocycles. The minimum absolute atomic E-state index is 0.00222. The minimum atomic E-state index is -4.72. The molecule has 1 aliphatic carbocycles. The average Bonchev–Trinajstić information content (AvgIpc) is 3.74. The molecule has 1 amide bonds. The normalized spacial score (nSPS) is 19.4. The highest BCUT2D eigenvalue weighted by Gasteiger charge is 2.39. The molecule has 46 heavy (non-hydrogen) atoms. The van der Waals surface area contributed by atoms with Gasteiger partial charge in [-0.05, 0) is 54.0 Å². The Balaban J connectivity index is 1.17. The number of thioether (sulfide) groups is 1. The number of carbonyl (C=O) groups is 1. The highest BCUT2D eigenvalue weighted by molar-refractivity contribution is 7.99. The van der Waals surface area contributed by atoms with Crippen LogP contribution >= 0.6 is 23.1 Å². The fraction of sp³-hybridized carbons (Fsp3) is 0.500. The van der Waals surface area contributed by atoms with E-state index < -0.39 is 24.7 Å². The SMILES string of the molecule is O=C1c2sc(-c3nc(Nc4cc5c(cc4C4CC4)CN(CCOC(F)(F)F)CC5)ncc3C(F)(F)F)cc2SCCN1C1COC1. The molecule has 246 valence electrons. The maximum Gasteiger partial charge on any atom is 0.522 e. The Labute approximate surface area is 268 Å². The first-order valence-electron chi connectivity index (χ1n) is 14.9. The van der Waals surface area contributed by atoms with Gasteiger partial charge >= 0.3 is 12.5 Å². The Morgan fingerprint density at radius 2 is 1.87 bits per heavy atom. The van der Waals surface area contributed by atoms with Gasteiger partial charge in [0.2, 0.25) is 5.95 Å². The summed E-state index contributed by atoms with van der Waals surface area (Å²) in [5.74, 6) is 0.670. The van der Waals surface area contributed by atoms with Crippen LogP contribution < -0.4 is 5.32 Å².